The number of hydrogen-bond acceptors (Lipinski definition) is 10. The van der Waals surface area contributed by atoms with Crippen molar-refractivity contribution < 1.29 is 9.63 Å². The Morgan fingerprint density at radius 3 is 2.42 bits per heavy atom. The zero-order chi connectivity index (χ0) is 28.2. The van der Waals surface area contributed by atoms with Gasteiger partial charge in [0.2, 0.25) is 5.95 Å². The molecule has 43 heavy (non-hydrogen) atoms. The predicted octanol–water partition coefficient (Wildman–Crippen LogP) is 5.38. The molecule has 0 unspecified atom stereocenters. The summed E-state index contributed by atoms with van der Waals surface area (Å²) in [6, 6.07) is 9.99. The van der Waals surface area contributed by atoms with Crippen molar-refractivity contribution in [1.29, 1.82) is 5.26 Å². The first kappa shape index (κ1) is 32.5. The summed E-state index contributed by atoms with van der Waals surface area (Å²) in [5.41, 5.74) is 8.80. The summed E-state index contributed by atoms with van der Waals surface area (Å²) >= 11 is 0. The van der Waals surface area contributed by atoms with Gasteiger partial charge in [-0.15, -0.1) is 29.9 Å². The van der Waals surface area contributed by atoms with E-state index in [-0.39, 0.29) is 36.9 Å². The molecule has 12 nitrogen and oxygen atoms in total. The van der Waals surface area contributed by atoms with Gasteiger partial charge in [-0.2, -0.15) is 15.2 Å². The van der Waals surface area contributed by atoms with Gasteiger partial charge in [0.15, 0.2) is 17.0 Å². The lowest BCUT2D eigenvalue weighted by Gasteiger charge is -2.31. The Labute approximate surface area is 263 Å². The number of rotatable bonds is 7. The minimum absolute atomic E-state index is 0. The number of imidazole rings is 1. The van der Waals surface area contributed by atoms with Gasteiger partial charge in [0.25, 0.3) is 0 Å². The second-order valence-electron chi connectivity index (χ2n) is 11.5. The number of nitrogens with one attached hydrogen (secondary N) is 3. The molecule has 232 valence electrons. The summed E-state index contributed by atoms with van der Waals surface area (Å²) in [5.74, 6) is 1.38. The average Bonchev–Trinajstić information content (AvgIpc) is 3.66. The van der Waals surface area contributed by atoms with Crippen LogP contribution in [0.1, 0.15) is 75.8 Å². The third kappa shape index (κ3) is 7.97. The normalized spacial score (nSPS) is 21.3. The first-order valence-corrected chi connectivity index (χ1v) is 14.8. The van der Waals surface area contributed by atoms with Crippen LogP contribution in [0.5, 0.6) is 0 Å². The Morgan fingerprint density at radius 1 is 0.977 bits per heavy atom. The molecule has 3 aliphatic rings. The summed E-state index contributed by atoms with van der Waals surface area (Å²) < 4.78 is 2.23. The molecule has 3 fully saturated rings. The Bertz CT molecular complexity index is 1410. The SMILES string of the molecule is Cl.Cl.N#Cc1cccc(NC(=O)ON2CCC(Nc3nc(N[C@H]4CC[C@H](N)CC4)nc4c3ncn4C3CCCC3)CC2)c1. The molecule has 0 bridgehead atoms. The summed E-state index contributed by atoms with van der Waals surface area (Å²) in [6.45, 7) is 1.17. The van der Waals surface area contributed by atoms with Gasteiger partial charge < -0.3 is 25.8 Å². The van der Waals surface area contributed by atoms with Crippen molar-refractivity contribution in [3.8, 4) is 6.07 Å². The number of hydrogen-bond donors (Lipinski definition) is 4. The van der Waals surface area contributed by atoms with Crippen molar-refractivity contribution in [1.82, 2.24) is 24.6 Å². The van der Waals surface area contributed by atoms with Crippen molar-refractivity contribution >= 4 is 59.5 Å². The van der Waals surface area contributed by atoms with Gasteiger partial charge in [-0.1, -0.05) is 18.9 Å². The molecule has 0 radical (unpaired) electrons. The van der Waals surface area contributed by atoms with E-state index in [1.54, 1.807) is 29.3 Å². The number of fused-ring (bicyclic) bond motifs is 1. The van der Waals surface area contributed by atoms with E-state index in [0.717, 1.165) is 68.3 Å². The van der Waals surface area contributed by atoms with Crippen molar-refractivity contribution in [3.05, 3.63) is 36.2 Å². The number of carbonyl (C=O) groups is 1. The summed E-state index contributed by atoms with van der Waals surface area (Å²) in [6.07, 6.45) is 11.7. The van der Waals surface area contributed by atoms with Crippen molar-refractivity contribution in [2.75, 3.05) is 29.0 Å². The standard InChI is InChI=1S/C29H38N10O2.2ClH/c30-17-19-4-3-5-23(16-19)35-29(40)41-38-14-12-22(13-15-38)33-26-25-27(39(18-32-25)24-6-1-2-7-24)37-28(36-26)34-21-10-8-20(31)9-11-21;;/h3-5,16,18,20-22,24H,1-2,6-15,31H2,(H,35,40)(H2,33,34,36,37);2*1H/t20-,21-;;. The lowest BCUT2D eigenvalue weighted by Crippen LogP contribution is -2.41. The van der Waals surface area contributed by atoms with Gasteiger partial charge in [0.05, 0.1) is 18.0 Å². The van der Waals surface area contributed by atoms with Crippen LogP contribution in [0.2, 0.25) is 0 Å². The fraction of sp³-hybridized carbons (Fsp3) is 0.552. The maximum absolute atomic E-state index is 12.4. The molecular formula is C29H40Cl2N10O2. The average molecular weight is 632 g/mol. The summed E-state index contributed by atoms with van der Waals surface area (Å²) in [4.78, 5) is 32.5. The third-order valence-electron chi connectivity index (χ3n) is 8.49. The predicted molar refractivity (Wildman–Crippen MR) is 171 cm³/mol. The number of hydroxylamine groups is 2. The molecule has 1 aliphatic heterocycles. The fourth-order valence-corrected chi connectivity index (χ4v) is 6.19. The van der Waals surface area contributed by atoms with Gasteiger partial charge in [0.1, 0.15) is 0 Å². The first-order valence-electron chi connectivity index (χ1n) is 14.8. The van der Waals surface area contributed by atoms with E-state index >= 15 is 0 Å². The number of benzene rings is 1. The molecule has 1 aromatic carbocycles. The third-order valence-corrected chi connectivity index (χ3v) is 8.49. The largest absolute Gasteiger partial charge is 0.430 e. The highest BCUT2D eigenvalue weighted by molar-refractivity contribution is 5.86. The van der Waals surface area contributed by atoms with Crippen LogP contribution < -0.4 is 21.7 Å². The second-order valence-corrected chi connectivity index (χ2v) is 11.5. The summed E-state index contributed by atoms with van der Waals surface area (Å²) in [5, 5.41) is 20.7. The molecule has 14 heteroatoms. The van der Waals surface area contributed by atoms with Crippen LogP contribution in [0.4, 0.5) is 22.2 Å². The highest BCUT2D eigenvalue weighted by Crippen LogP contribution is 2.34. The van der Waals surface area contributed by atoms with Gasteiger partial charge in [0, 0.05) is 42.9 Å². The van der Waals surface area contributed by atoms with Crippen molar-refractivity contribution in [2.24, 2.45) is 5.73 Å². The number of nitrogens with two attached hydrogens (primary N) is 1. The first-order chi connectivity index (χ1) is 20.0. The van der Waals surface area contributed by atoms with Crippen LogP contribution >= 0.6 is 24.8 Å². The van der Waals surface area contributed by atoms with Crippen LogP contribution in [0.15, 0.2) is 30.6 Å². The topological polar surface area (TPSA) is 159 Å². The minimum atomic E-state index is -0.569. The molecule has 2 aliphatic carbocycles. The van der Waals surface area contributed by atoms with Crippen molar-refractivity contribution in [3.63, 3.8) is 0 Å². The van der Waals surface area contributed by atoms with E-state index in [4.69, 9.17) is 30.8 Å². The number of aromatic nitrogens is 4. The second kappa shape index (κ2) is 14.9. The molecule has 2 saturated carbocycles. The maximum atomic E-state index is 12.4. The molecule has 2 aromatic heterocycles. The van der Waals surface area contributed by atoms with Crippen LogP contribution in [-0.4, -0.2) is 61.9 Å². The fourth-order valence-electron chi connectivity index (χ4n) is 6.19. The number of piperidine rings is 1. The number of nitriles is 1. The van der Waals surface area contributed by atoms with E-state index in [0.29, 0.717) is 42.4 Å². The number of anilines is 3. The van der Waals surface area contributed by atoms with E-state index in [1.165, 1.54) is 12.8 Å². The molecule has 6 rings (SSSR count). The Morgan fingerprint density at radius 2 is 1.70 bits per heavy atom. The molecule has 1 saturated heterocycles. The Kier molecular flexibility index (Phi) is 11.3. The van der Waals surface area contributed by atoms with E-state index in [2.05, 4.69) is 26.6 Å². The zero-order valence-electron chi connectivity index (χ0n) is 24.1. The van der Waals surface area contributed by atoms with Crippen molar-refractivity contribution in [2.45, 2.75) is 88.4 Å². The number of carbonyl (C=O) groups excluding carboxylic acids is 1. The molecule has 5 N–H and O–H groups in total. The maximum Gasteiger partial charge on any atom is 0.430 e. The molecule has 3 heterocycles. The highest BCUT2D eigenvalue weighted by atomic mass is 35.5. The quantitative estimate of drug-likeness (QED) is 0.267. The van der Waals surface area contributed by atoms with E-state index in [9.17, 15) is 4.79 Å². The lowest BCUT2D eigenvalue weighted by atomic mass is 9.92. The minimum Gasteiger partial charge on any atom is -0.365 e. The van der Waals surface area contributed by atoms with Gasteiger partial charge >= 0.3 is 6.09 Å². The Balaban J connectivity index is 0.00000212. The van der Waals surface area contributed by atoms with E-state index < -0.39 is 6.09 Å². The number of halogens is 2. The van der Waals surface area contributed by atoms with Crippen LogP contribution in [0.25, 0.3) is 11.2 Å². The number of amides is 1. The molecule has 0 atom stereocenters. The lowest BCUT2D eigenvalue weighted by molar-refractivity contribution is -0.106. The monoisotopic (exact) mass is 630 g/mol. The summed E-state index contributed by atoms with van der Waals surface area (Å²) in [7, 11) is 0. The van der Waals surface area contributed by atoms with Gasteiger partial charge in [-0.25, -0.2) is 9.78 Å². The number of nitrogens with zero attached hydrogens (tertiary/aromatic N) is 6. The van der Waals surface area contributed by atoms with E-state index in [1.807, 2.05) is 6.33 Å². The highest BCUT2D eigenvalue weighted by Gasteiger charge is 2.27. The molecule has 3 aromatic rings. The Hall–Kier alpha value is -3.37. The van der Waals surface area contributed by atoms with Gasteiger partial charge in [-0.05, 0) is 69.6 Å². The van der Waals surface area contributed by atoms with Crippen LogP contribution in [0.3, 0.4) is 0 Å². The molecule has 0 spiro atoms. The van der Waals surface area contributed by atoms with Crippen LogP contribution in [0, 0.1) is 11.3 Å². The zero-order valence-corrected chi connectivity index (χ0v) is 25.7. The van der Waals surface area contributed by atoms with Gasteiger partial charge in [-0.3, -0.25) is 5.32 Å². The molecule has 1 amide bonds. The van der Waals surface area contributed by atoms with Crippen LogP contribution in [-0.2, 0) is 4.84 Å². The molecular weight excluding hydrogens is 591 g/mol. The smallest absolute Gasteiger partial charge is 0.365 e.